The second kappa shape index (κ2) is 8.45. The zero-order valence-electron chi connectivity index (χ0n) is 16.8. The average Bonchev–Trinajstić information content (AvgIpc) is 2.90. The molecule has 3 nitrogen and oxygen atoms in total. The summed E-state index contributed by atoms with van der Waals surface area (Å²) in [4.78, 5) is 17.5. The van der Waals surface area contributed by atoms with Crippen LogP contribution in [-0.2, 0) is 6.42 Å². The molecule has 150 valence electrons. The van der Waals surface area contributed by atoms with Gasteiger partial charge in [-0.1, -0.05) is 61.0 Å². The van der Waals surface area contributed by atoms with E-state index >= 15 is 0 Å². The van der Waals surface area contributed by atoms with Crippen LogP contribution < -0.4 is 5.32 Å². The van der Waals surface area contributed by atoms with Crippen LogP contribution in [0, 0.1) is 5.82 Å². The van der Waals surface area contributed by atoms with E-state index in [1.807, 2.05) is 43.3 Å². The summed E-state index contributed by atoms with van der Waals surface area (Å²) in [6, 6.07) is 20.2. The van der Waals surface area contributed by atoms with Crippen molar-refractivity contribution >= 4 is 30.0 Å². The van der Waals surface area contributed by atoms with Crippen LogP contribution in [0.3, 0.4) is 0 Å². The molecule has 0 spiro atoms. The van der Waals surface area contributed by atoms with E-state index in [2.05, 4.69) is 11.4 Å². The van der Waals surface area contributed by atoms with Gasteiger partial charge >= 0.3 is 6.85 Å². The lowest BCUT2D eigenvalue weighted by atomic mass is 9.50. The second-order valence-corrected chi connectivity index (χ2v) is 8.04. The highest BCUT2D eigenvalue weighted by Gasteiger charge is 2.34. The first kappa shape index (κ1) is 20.4. The Balaban J connectivity index is 1.85. The molecule has 4 rings (SSSR count). The molecule has 0 bridgehead atoms. The molecule has 1 amide bonds. The molecule has 0 aromatic heterocycles. The van der Waals surface area contributed by atoms with Crippen molar-refractivity contribution in [2.75, 3.05) is 7.05 Å². The van der Waals surface area contributed by atoms with Crippen molar-refractivity contribution in [1.29, 1.82) is 0 Å². The van der Waals surface area contributed by atoms with Crippen LogP contribution >= 0.6 is 11.6 Å². The minimum absolute atomic E-state index is 0.0250. The van der Waals surface area contributed by atoms with Crippen molar-refractivity contribution < 1.29 is 9.18 Å². The molecule has 3 aromatic rings. The number of hydrogen-bond donors (Lipinski definition) is 1. The molecule has 0 saturated carbocycles. The lowest BCUT2D eigenvalue weighted by Gasteiger charge is -2.14. The maximum Gasteiger partial charge on any atom is 0.385 e. The van der Waals surface area contributed by atoms with E-state index in [9.17, 15) is 9.18 Å². The topological polar surface area (TPSA) is 41.5 Å². The highest BCUT2D eigenvalue weighted by atomic mass is 35.5. The van der Waals surface area contributed by atoms with Gasteiger partial charge in [0.2, 0.25) is 5.81 Å². The number of rotatable bonds is 3. The van der Waals surface area contributed by atoms with Gasteiger partial charge in [0, 0.05) is 17.6 Å². The van der Waals surface area contributed by atoms with Crippen LogP contribution in [0.25, 0.3) is 11.1 Å². The van der Waals surface area contributed by atoms with Gasteiger partial charge in [0.05, 0.1) is 5.71 Å². The summed E-state index contributed by atoms with van der Waals surface area (Å²) < 4.78 is 13.3. The number of fused-ring (bicyclic) bond motifs is 1. The fourth-order valence-corrected chi connectivity index (χ4v) is 4.04. The van der Waals surface area contributed by atoms with E-state index in [0.717, 1.165) is 33.5 Å². The van der Waals surface area contributed by atoms with Crippen LogP contribution in [-0.4, -0.2) is 25.4 Å². The number of carbonyl (C=O) groups is 1. The lowest BCUT2D eigenvalue weighted by molar-refractivity contribution is 0.260. The Morgan fingerprint density at radius 3 is 2.33 bits per heavy atom. The number of nitrogens with zero attached hydrogens (tertiary/aromatic N) is 1. The average molecular weight is 419 g/mol. The first-order valence-electron chi connectivity index (χ1n) is 9.91. The van der Waals surface area contributed by atoms with Crippen molar-refractivity contribution in [3.8, 4) is 11.1 Å². The molecule has 1 aliphatic rings. The quantitative estimate of drug-likeness (QED) is 0.533. The Labute approximate surface area is 181 Å². The molecular formula is C24H21BClFN2O. The standard InChI is InChI=1S/C24H21BClFN2O/c1-15-13-19-14-18(16-5-10-21(27)11-6-16)7-12-22(19)23(29-25(15)24(30)28-2)17-3-8-20(26)9-4-17/h3-12,14-15H,13H2,1-2H3,(H,28,30). The molecule has 1 heterocycles. The van der Waals surface area contributed by atoms with E-state index < -0.39 is 6.85 Å². The summed E-state index contributed by atoms with van der Waals surface area (Å²) >= 11 is 6.08. The third kappa shape index (κ3) is 4.03. The van der Waals surface area contributed by atoms with Gasteiger partial charge in [-0.2, -0.15) is 0 Å². The summed E-state index contributed by atoms with van der Waals surface area (Å²) in [5.41, 5.74) is 5.77. The normalized spacial score (nSPS) is 15.8. The number of nitrogens with one attached hydrogen (secondary N) is 1. The maximum atomic E-state index is 13.3. The molecule has 1 aliphatic heterocycles. The van der Waals surface area contributed by atoms with Crippen LogP contribution in [0.15, 0.2) is 71.6 Å². The number of benzene rings is 3. The fraction of sp³-hybridized carbons (Fsp3) is 0.167. The molecular weight excluding hydrogens is 398 g/mol. The van der Waals surface area contributed by atoms with Gasteiger partial charge in [0.15, 0.2) is 0 Å². The van der Waals surface area contributed by atoms with Gasteiger partial charge in [-0.05, 0) is 58.8 Å². The van der Waals surface area contributed by atoms with Crippen molar-refractivity contribution in [2.45, 2.75) is 19.2 Å². The third-order valence-electron chi connectivity index (χ3n) is 5.52. The van der Waals surface area contributed by atoms with Crippen LogP contribution in [0.1, 0.15) is 23.6 Å². The molecule has 6 heteroatoms. The Hall–Kier alpha value is -2.92. The Morgan fingerprint density at radius 1 is 1.03 bits per heavy atom. The van der Waals surface area contributed by atoms with Crippen LogP contribution in [0.2, 0.25) is 10.8 Å². The highest BCUT2D eigenvalue weighted by Crippen LogP contribution is 2.32. The minimum atomic E-state index is -0.484. The molecule has 0 aliphatic carbocycles. The van der Waals surface area contributed by atoms with E-state index in [-0.39, 0.29) is 17.4 Å². The van der Waals surface area contributed by atoms with E-state index in [1.54, 1.807) is 19.2 Å². The highest BCUT2D eigenvalue weighted by molar-refractivity contribution is 6.90. The fourth-order valence-electron chi connectivity index (χ4n) is 3.91. The van der Waals surface area contributed by atoms with Gasteiger partial charge in [-0.3, -0.25) is 4.79 Å². The molecule has 0 saturated heterocycles. The first-order valence-corrected chi connectivity index (χ1v) is 10.3. The monoisotopic (exact) mass is 418 g/mol. The molecule has 30 heavy (non-hydrogen) atoms. The van der Waals surface area contributed by atoms with E-state index in [0.29, 0.717) is 11.4 Å². The Morgan fingerprint density at radius 2 is 1.67 bits per heavy atom. The predicted molar refractivity (Wildman–Crippen MR) is 122 cm³/mol. The van der Waals surface area contributed by atoms with Gasteiger partial charge in [0.25, 0.3) is 0 Å². The summed E-state index contributed by atoms with van der Waals surface area (Å²) in [5.74, 6) is -0.329. The summed E-state index contributed by atoms with van der Waals surface area (Å²) in [7, 11) is 1.64. The van der Waals surface area contributed by atoms with Crippen molar-refractivity contribution in [1.82, 2.24) is 5.32 Å². The number of amides is 1. The Kier molecular flexibility index (Phi) is 5.73. The minimum Gasteiger partial charge on any atom is -0.366 e. The maximum absolute atomic E-state index is 13.3. The third-order valence-corrected chi connectivity index (χ3v) is 5.77. The summed E-state index contributed by atoms with van der Waals surface area (Å²) in [5, 5.41) is 3.39. The molecule has 0 fully saturated rings. The lowest BCUT2D eigenvalue weighted by Crippen LogP contribution is -2.37. The largest absolute Gasteiger partial charge is 0.385 e. The SMILES string of the molecule is CNC(=O)B1N=C(c2ccc(Cl)cc2)c2ccc(-c3ccc(F)cc3)cc2CC1C. The van der Waals surface area contributed by atoms with E-state index in [1.165, 1.54) is 12.1 Å². The Bertz CT molecular complexity index is 1110. The molecule has 3 aromatic carbocycles. The van der Waals surface area contributed by atoms with Gasteiger partial charge in [-0.15, -0.1) is 0 Å². The van der Waals surface area contributed by atoms with Gasteiger partial charge in [-0.25, -0.2) is 4.39 Å². The summed E-state index contributed by atoms with van der Waals surface area (Å²) in [6.45, 7) is 1.56. The smallest absolute Gasteiger partial charge is 0.366 e. The number of carbonyl (C=O) groups excluding carboxylic acids is 1. The molecule has 1 unspecified atom stereocenters. The molecule has 1 N–H and O–H groups in total. The van der Waals surface area contributed by atoms with Crippen molar-refractivity contribution in [3.63, 3.8) is 0 Å². The molecule has 0 radical (unpaired) electrons. The van der Waals surface area contributed by atoms with Crippen molar-refractivity contribution in [3.05, 3.63) is 94.3 Å². The number of halogens is 2. The van der Waals surface area contributed by atoms with Crippen LogP contribution in [0.5, 0.6) is 0 Å². The summed E-state index contributed by atoms with van der Waals surface area (Å²) in [6.07, 6.45) is 0.711. The number of hydrogen-bond acceptors (Lipinski definition) is 2. The zero-order chi connectivity index (χ0) is 21.3. The van der Waals surface area contributed by atoms with Gasteiger partial charge < -0.3 is 10.2 Å². The molecule has 1 atom stereocenters. The van der Waals surface area contributed by atoms with Crippen LogP contribution in [0.4, 0.5) is 9.18 Å². The predicted octanol–water partition coefficient (Wildman–Crippen LogP) is 5.84. The zero-order valence-corrected chi connectivity index (χ0v) is 17.6. The van der Waals surface area contributed by atoms with Gasteiger partial charge in [0.1, 0.15) is 5.82 Å². The van der Waals surface area contributed by atoms with Crippen molar-refractivity contribution in [2.24, 2.45) is 4.90 Å². The first-order chi connectivity index (χ1) is 14.5. The second-order valence-electron chi connectivity index (χ2n) is 7.60. The van der Waals surface area contributed by atoms with E-state index in [4.69, 9.17) is 16.5 Å².